The number of rotatable bonds is 5. The normalized spacial score (nSPS) is 13.2. The van der Waals surface area contributed by atoms with E-state index in [1.54, 1.807) is 18.3 Å². The van der Waals surface area contributed by atoms with Gasteiger partial charge in [-0.3, -0.25) is 14.7 Å². The Kier molecular flexibility index (Phi) is 5.44. The molecular formula is C27H25N7O2. The summed E-state index contributed by atoms with van der Waals surface area (Å²) in [6.45, 7) is 1.49. The molecule has 0 saturated heterocycles. The maximum atomic E-state index is 13.1. The fraction of sp³-hybridized carbons (Fsp3) is 0.222. The van der Waals surface area contributed by atoms with E-state index in [0.29, 0.717) is 25.2 Å². The number of nitrogens with zero attached hydrogens (tertiary/aromatic N) is 5. The molecule has 0 fully saturated rings. The first-order valence-corrected chi connectivity index (χ1v) is 11.9. The lowest BCUT2D eigenvalue weighted by atomic mass is 9.98. The topological polar surface area (TPSA) is 109 Å². The Morgan fingerprint density at radius 3 is 2.89 bits per heavy atom. The molecule has 0 aliphatic carbocycles. The Morgan fingerprint density at radius 1 is 1.11 bits per heavy atom. The molecule has 0 spiro atoms. The number of imidazole rings is 1. The molecule has 180 valence electrons. The number of pyridine rings is 1. The van der Waals surface area contributed by atoms with Crippen molar-refractivity contribution in [2.24, 2.45) is 7.05 Å². The van der Waals surface area contributed by atoms with Crippen LogP contribution in [-0.2, 0) is 37.8 Å². The van der Waals surface area contributed by atoms with Crippen LogP contribution in [0.4, 0.5) is 0 Å². The number of aromatic nitrogens is 5. The van der Waals surface area contributed by atoms with E-state index in [2.05, 4.69) is 25.5 Å². The molecule has 2 amide bonds. The van der Waals surface area contributed by atoms with Gasteiger partial charge in [0.15, 0.2) is 5.65 Å². The van der Waals surface area contributed by atoms with Crippen molar-refractivity contribution in [3.05, 3.63) is 89.0 Å². The predicted octanol–water partition coefficient (Wildman–Crippen LogP) is 2.90. The summed E-state index contributed by atoms with van der Waals surface area (Å²) in [5.41, 5.74) is 6.29. The van der Waals surface area contributed by atoms with E-state index < -0.39 is 0 Å². The highest BCUT2D eigenvalue weighted by Gasteiger charge is 2.23. The molecule has 9 heteroatoms. The van der Waals surface area contributed by atoms with Crippen LogP contribution in [0.2, 0.25) is 0 Å². The minimum absolute atomic E-state index is 0.0326. The van der Waals surface area contributed by atoms with E-state index in [1.807, 2.05) is 59.1 Å². The monoisotopic (exact) mass is 479 g/mol. The van der Waals surface area contributed by atoms with E-state index in [4.69, 9.17) is 0 Å². The van der Waals surface area contributed by atoms with Crippen LogP contribution in [0.5, 0.6) is 0 Å². The summed E-state index contributed by atoms with van der Waals surface area (Å²) >= 11 is 0. The van der Waals surface area contributed by atoms with Gasteiger partial charge in [0, 0.05) is 37.3 Å². The molecule has 36 heavy (non-hydrogen) atoms. The van der Waals surface area contributed by atoms with E-state index >= 15 is 0 Å². The second-order valence-corrected chi connectivity index (χ2v) is 9.10. The molecule has 4 heterocycles. The van der Waals surface area contributed by atoms with Crippen LogP contribution < -0.4 is 5.32 Å². The minimum Gasteiger partial charge on any atom is -0.345 e. The van der Waals surface area contributed by atoms with E-state index in [1.165, 1.54) is 5.56 Å². The van der Waals surface area contributed by atoms with Crippen LogP contribution in [0.25, 0.3) is 22.1 Å². The van der Waals surface area contributed by atoms with Crippen molar-refractivity contribution in [2.45, 2.75) is 25.9 Å². The Bertz CT molecular complexity index is 1620. The zero-order valence-electron chi connectivity index (χ0n) is 19.9. The molecule has 0 unspecified atom stereocenters. The Morgan fingerprint density at radius 2 is 2.00 bits per heavy atom. The lowest BCUT2D eigenvalue weighted by Gasteiger charge is -2.29. The fourth-order valence-corrected chi connectivity index (χ4v) is 4.89. The molecule has 2 N–H and O–H groups in total. The highest BCUT2D eigenvalue weighted by Crippen LogP contribution is 2.25. The van der Waals surface area contributed by atoms with Gasteiger partial charge in [-0.05, 0) is 47.4 Å². The lowest BCUT2D eigenvalue weighted by Crippen LogP contribution is -2.37. The van der Waals surface area contributed by atoms with Gasteiger partial charge in [0.25, 0.3) is 5.91 Å². The second-order valence-electron chi connectivity index (χ2n) is 9.10. The molecule has 6 rings (SSSR count). The smallest absolute Gasteiger partial charge is 0.251 e. The Balaban J connectivity index is 1.11. The first-order chi connectivity index (χ1) is 17.6. The van der Waals surface area contributed by atoms with Crippen molar-refractivity contribution in [3.63, 3.8) is 0 Å². The molecule has 3 aromatic heterocycles. The van der Waals surface area contributed by atoms with Crippen LogP contribution in [0.3, 0.4) is 0 Å². The SMILES string of the molecule is Cn1c(CNC(=O)c2cccc(CC(=O)N3CCc4c(cnc5[nH]ncc45)C3)c2)nc2ccccc21. The van der Waals surface area contributed by atoms with E-state index in [-0.39, 0.29) is 18.2 Å². The van der Waals surface area contributed by atoms with Crippen LogP contribution >= 0.6 is 0 Å². The number of fused-ring (bicyclic) bond motifs is 4. The molecule has 0 radical (unpaired) electrons. The number of carbonyl (C=O) groups is 2. The zero-order chi connectivity index (χ0) is 24.6. The van der Waals surface area contributed by atoms with Crippen molar-refractivity contribution < 1.29 is 9.59 Å². The Hall–Kier alpha value is -4.53. The van der Waals surface area contributed by atoms with Gasteiger partial charge < -0.3 is 14.8 Å². The van der Waals surface area contributed by atoms with Gasteiger partial charge in [-0.1, -0.05) is 24.3 Å². The van der Waals surface area contributed by atoms with Crippen molar-refractivity contribution in [1.82, 2.24) is 34.9 Å². The van der Waals surface area contributed by atoms with E-state index in [9.17, 15) is 9.59 Å². The highest BCUT2D eigenvalue weighted by molar-refractivity contribution is 5.94. The third kappa shape index (κ3) is 3.98. The zero-order valence-corrected chi connectivity index (χ0v) is 19.9. The average molecular weight is 480 g/mol. The first kappa shape index (κ1) is 22.0. The molecule has 5 aromatic rings. The first-order valence-electron chi connectivity index (χ1n) is 11.9. The van der Waals surface area contributed by atoms with Gasteiger partial charge in [-0.25, -0.2) is 9.97 Å². The van der Waals surface area contributed by atoms with E-state index in [0.717, 1.165) is 45.4 Å². The number of hydrogen-bond acceptors (Lipinski definition) is 5. The summed E-state index contributed by atoms with van der Waals surface area (Å²) in [5, 5.41) is 11.0. The highest BCUT2D eigenvalue weighted by atomic mass is 16.2. The molecule has 0 saturated carbocycles. The average Bonchev–Trinajstić information content (AvgIpc) is 3.52. The van der Waals surface area contributed by atoms with Crippen LogP contribution in [0.15, 0.2) is 60.9 Å². The number of amides is 2. The number of H-pyrrole nitrogens is 1. The number of para-hydroxylation sites is 2. The fourth-order valence-electron chi connectivity index (χ4n) is 4.89. The molecule has 1 aliphatic heterocycles. The van der Waals surface area contributed by atoms with Crippen LogP contribution in [0, 0.1) is 0 Å². The summed E-state index contributed by atoms with van der Waals surface area (Å²) in [6, 6.07) is 15.1. The van der Waals surface area contributed by atoms with Gasteiger partial charge in [-0.15, -0.1) is 0 Å². The summed E-state index contributed by atoms with van der Waals surface area (Å²) in [5.74, 6) is 0.618. The summed E-state index contributed by atoms with van der Waals surface area (Å²) in [4.78, 5) is 36.8. The molecular weight excluding hydrogens is 454 g/mol. The summed E-state index contributed by atoms with van der Waals surface area (Å²) in [6.07, 6.45) is 4.63. The maximum Gasteiger partial charge on any atom is 0.251 e. The van der Waals surface area contributed by atoms with Crippen molar-refractivity contribution in [1.29, 1.82) is 0 Å². The van der Waals surface area contributed by atoms with Crippen molar-refractivity contribution in [2.75, 3.05) is 6.54 Å². The standard InChI is InChI=1S/C27H25N7O2/c1-33-23-8-3-2-7-22(23)31-24(33)15-29-27(36)18-6-4-5-17(11-18)12-25(35)34-10-9-20-19(16-34)13-28-26-21(20)14-30-32-26/h2-8,11,13-14H,9-10,12,15-16H2,1H3,(H,29,36)(H,28,30,32). The third-order valence-corrected chi connectivity index (χ3v) is 6.86. The van der Waals surface area contributed by atoms with Gasteiger partial charge >= 0.3 is 0 Å². The molecule has 1 aliphatic rings. The molecule has 2 aromatic carbocycles. The minimum atomic E-state index is -0.196. The Labute approximate surface area is 207 Å². The number of nitrogens with one attached hydrogen (secondary N) is 2. The predicted molar refractivity (Wildman–Crippen MR) is 135 cm³/mol. The molecule has 0 bridgehead atoms. The summed E-state index contributed by atoms with van der Waals surface area (Å²) in [7, 11) is 1.94. The summed E-state index contributed by atoms with van der Waals surface area (Å²) < 4.78 is 1.98. The van der Waals surface area contributed by atoms with Gasteiger partial charge in [-0.2, -0.15) is 5.10 Å². The van der Waals surface area contributed by atoms with Gasteiger partial charge in [0.1, 0.15) is 5.82 Å². The van der Waals surface area contributed by atoms with Gasteiger partial charge in [0.2, 0.25) is 5.91 Å². The maximum absolute atomic E-state index is 13.1. The van der Waals surface area contributed by atoms with Crippen molar-refractivity contribution >= 4 is 33.9 Å². The number of benzene rings is 2. The van der Waals surface area contributed by atoms with Gasteiger partial charge in [0.05, 0.1) is 30.2 Å². The molecule has 9 nitrogen and oxygen atoms in total. The largest absolute Gasteiger partial charge is 0.345 e. The lowest BCUT2D eigenvalue weighted by molar-refractivity contribution is -0.131. The number of hydrogen-bond donors (Lipinski definition) is 2. The quantitative estimate of drug-likeness (QED) is 0.403. The number of carbonyl (C=O) groups excluding carboxylic acids is 2. The number of aromatic amines is 1. The number of aryl methyl sites for hydroxylation is 1. The second kappa shape index (κ2) is 8.92. The molecule has 0 atom stereocenters. The van der Waals surface area contributed by atoms with Crippen LogP contribution in [0.1, 0.15) is 32.9 Å². The van der Waals surface area contributed by atoms with Crippen molar-refractivity contribution in [3.8, 4) is 0 Å². The third-order valence-electron chi connectivity index (χ3n) is 6.86. The van der Waals surface area contributed by atoms with Crippen LogP contribution in [-0.4, -0.2) is 48.0 Å².